The zero-order valence-electron chi connectivity index (χ0n) is 6.90. The van der Waals surface area contributed by atoms with E-state index in [9.17, 15) is 14.7 Å². The van der Waals surface area contributed by atoms with E-state index in [0.717, 1.165) is 0 Å². The Kier molecular flexibility index (Phi) is 5.52. The number of carboxylic acid groups (broad SMARTS) is 1. The molecule has 0 aliphatic rings. The average Bonchev–Trinajstić information content (AvgIpc) is 2.05. The normalized spacial score (nSPS) is 8.62. The number of carbonyl (C=O) groups excluding carboxylic acids is 2. The number of aliphatic carboxylic acids is 1. The van der Waals surface area contributed by atoms with Crippen LogP contribution in [-0.4, -0.2) is 39.1 Å². The molecule has 1 aromatic rings. The number of carbonyl (C=O) groups is 2. The first-order valence-electron chi connectivity index (χ1n) is 3.48. The predicted molar refractivity (Wildman–Crippen MR) is 46.2 cm³/mol. The van der Waals surface area contributed by atoms with Gasteiger partial charge in [-0.1, -0.05) is 30.3 Å². The topological polar surface area (TPSA) is 57.2 Å². The van der Waals surface area contributed by atoms with Gasteiger partial charge in [-0.15, -0.1) is 0 Å². The number of hydrogen-bond acceptors (Lipinski definition) is 3. The summed E-state index contributed by atoms with van der Waals surface area (Å²) in [5.74, 6) is -1.76. The van der Waals surface area contributed by atoms with E-state index >= 15 is 0 Å². The largest absolute Gasteiger partial charge is 1.00 e. The summed E-state index contributed by atoms with van der Waals surface area (Å²) >= 11 is 0. The second-order valence-corrected chi connectivity index (χ2v) is 2.34. The molecule has 3 nitrogen and oxygen atoms in total. The van der Waals surface area contributed by atoms with Crippen LogP contribution in [0.1, 0.15) is 16.8 Å². The molecule has 0 radical (unpaired) electrons. The molecule has 64 valence electrons. The summed E-state index contributed by atoms with van der Waals surface area (Å²) in [5.41, 5.74) is 0.404. The summed E-state index contributed by atoms with van der Waals surface area (Å²) in [4.78, 5) is 21.1. The molecule has 0 spiro atoms. The number of rotatable bonds is 3. The molecular weight excluding hydrogens is 360 g/mol. The minimum atomic E-state index is -1.34. The van der Waals surface area contributed by atoms with Gasteiger partial charge in [-0.2, -0.15) is 0 Å². The van der Waals surface area contributed by atoms with Crippen LogP contribution in [0.2, 0.25) is 0 Å². The number of hydrogen-bond donors (Lipinski definition) is 0. The van der Waals surface area contributed by atoms with Crippen LogP contribution in [0.3, 0.4) is 0 Å². The molecular formula is C9H7O3Tl. The maximum absolute atomic E-state index is 11.0. The van der Waals surface area contributed by atoms with Gasteiger partial charge >= 0.3 is 27.3 Å². The Morgan fingerprint density at radius 2 is 1.69 bits per heavy atom. The van der Waals surface area contributed by atoms with E-state index in [2.05, 4.69) is 0 Å². The molecule has 4 heteroatoms. The van der Waals surface area contributed by atoms with Gasteiger partial charge in [0.2, 0.25) is 0 Å². The Morgan fingerprint density at radius 3 is 2.15 bits per heavy atom. The minimum Gasteiger partial charge on any atom is -0.550 e. The van der Waals surface area contributed by atoms with Crippen LogP contribution in [0.15, 0.2) is 30.3 Å². The molecule has 0 bridgehead atoms. The first-order valence-corrected chi connectivity index (χ1v) is 3.48. The van der Waals surface area contributed by atoms with Crippen molar-refractivity contribution in [2.24, 2.45) is 0 Å². The fourth-order valence-electron chi connectivity index (χ4n) is 0.857. The molecule has 0 saturated heterocycles. The summed E-state index contributed by atoms with van der Waals surface area (Å²) in [6.07, 6.45) is -0.552. The van der Waals surface area contributed by atoms with Crippen LogP contribution in [0.25, 0.3) is 0 Å². The van der Waals surface area contributed by atoms with Gasteiger partial charge in [0, 0.05) is 11.5 Å². The fourth-order valence-corrected chi connectivity index (χ4v) is 0.857. The molecule has 0 amide bonds. The summed E-state index contributed by atoms with van der Waals surface area (Å²) in [6.45, 7) is 0. The van der Waals surface area contributed by atoms with Crippen molar-refractivity contribution < 1.29 is 14.7 Å². The quantitative estimate of drug-likeness (QED) is 0.416. The summed E-state index contributed by atoms with van der Waals surface area (Å²) in [5, 5.41) is 10.1. The molecule has 0 saturated carbocycles. The third kappa shape index (κ3) is 4.16. The molecule has 0 fully saturated rings. The van der Waals surface area contributed by atoms with Crippen molar-refractivity contribution >= 4 is 39.1 Å². The van der Waals surface area contributed by atoms with E-state index in [4.69, 9.17) is 0 Å². The molecule has 0 aliphatic carbocycles. The Bertz CT molecular complexity index is 295. The van der Waals surface area contributed by atoms with Crippen molar-refractivity contribution in [3.8, 4) is 0 Å². The van der Waals surface area contributed by atoms with E-state index in [1.165, 1.54) is 0 Å². The predicted octanol–water partition coefficient (Wildman–Crippen LogP) is -0.372. The number of benzene rings is 1. The molecule has 0 N–H and O–H groups in total. The first-order chi connectivity index (χ1) is 5.70. The van der Waals surface area contributed by atoms with E-state index < -0.39 is 18.2 Å². The van der Waals surface area contributed by atoms with Crippen molar-refractivity contribution in [3.05, 3.63) is 35.9 Å². The Balaban J connectivity index is 0.00000144. The van der Waals surface area contributed by atoms with Gasteiger partial charge in [-0.25, -0.2) is 0 Å². The third-order valence-corrected chi connectivity index (χ3v) is 1.40. The van der Waals surface area contributed by atoms with Gasteiger partial charge < -0.3 is 9.90 Å². The molecule has 1 aromatic carbocycles. The van der Waals surface area contributed by atoms with Crippen LogP contribution in [-0.2, 0) is 4.79 Å². The van der Waals surface area contributed by atoms with Crippen molar-refractivity contribution in [2.45, 2.75) is 6.42 Å². The second kappa shape index (κ2) is 5.85. The molecule has 0 aromatic heterocycles. The molecule has 0 heterocycles. The Hall–Kier alpha value is -0.718. The summed E-state index contributed by atoms with van der Waals surface area (Å²) < 4.78 is 0. The van der Waals surface area contributed by atoms with Gasteiger partial charge in [-0.05, 0) is 0 Å². The van der Waals surface area contributed by atoms with Crippen LogP contribution >= 0.6 is 0 Å². The maximum Gasteiger partial charge on any atom is 1.00 e. The second-order valence-electron chi connectivity index (χ2n) is 2.34. The smallest absolute Gasteiger partial charge is 0.550 e. The standard InChI is InChI=1S/C9H8O3.Tl/c10-8(6-9(11)12)7-4-2-1-3-5-7;/h1-5H,6H2,(H,11,12);/q;+1/p-1. The summed E-state index contributed by atoms with van der Waals surface area (Å²) in [7, 11) is 0. The minimum absolute atomic E-state index is 0. The monoisotopic (exact) mass is 368 g/mol. The fraction of sp³-hybridized carbons (Fsp3) is 0.111. The Morgan fingerprint density at radius 1 is 1.15 bits per heavy atom. The van der Waals surface area contributed by atoms with E-state index in [0.29, 0.717) is 5.56 Å². The first kappa shape index (κ1) is 12.3. The number of carboxylic acids is 1. The van der Waals surface area contributed by atoms with Crippen molar-refractivity contribution in [2.75, 3.05) is 0 Å². The third-order valence-electron chi connectivity index (χ3n) is 1.40. The van der Waals surface area contributed by atoms with Crippen LogP contribution in [0, 0.1) is 0 Å². The van der Waals surface area contributed by atoms with Gasteiger partial charge in [0.05, 0.1) is 6.42 Å². The van der Waals surface area contributed by atoms with Gasteiger partial charge in [0.15, 0.2) is 5.78 Å². The average molecular weight is 368 g/mol. The molecule has 13 heavy (non-hydrogen) atoms. The maximum atomic E-state index is 11.0. The van der Waals surface area contributed by atoms with E-state index in [1.807, 2.05) is 0 Å². The van der Waals surface area contributed by atoms with E-state index in [1.54, 1.807) is 30.3 Å². The molecule has 1 rings (SSSR count). The molecule has 0 unspecified atom stereocenters. The van der Waals surface area contributed by atoms with Crippen molar-refractivity contribution in [3.63, 3.8) is 0 Å². The van der Waals surface area contributed by atoms with Gasteiger partial charge in [-0.3, -0.25) is 4.79 Å². The van der Waals surface area contributed by atoms with Gasteiger partial charge in [0.1, 0.15) is 0 Å². The number of ketones is 1. The van der Waals surface area contributed by atoms with E-state index in [-0.39, 0.29) is 27.3 Å². The SMILES string of the molecule is O=C([O-])CC(=O)c1ccccc1.[Tl+]. The van der Waals surface area contributed by atoms with Gasteiger partial charge in [0.25, 0.3) is 0 Å². The summed E-state index contributed by atoms with van der Waals surface area (Å²) in [6, 6.07) is 8.28. The van der Waals surface area contributed by atoms with Crippen molar-refractivity contribution in [1.29, 1.82) is 0 Å². The number of Topliss-reactive ketones (excluding diaryl/α,β-unsaturated/α-hetero) is 1. The molecule has 0 atom stereocenters. The van der Waals surface area contributed by atoms with Crippen LogP contribution in [0.4, 0.5) is 0 Å². The Labute approximate surface area is 95.9 Å². The van der Waals surface area contributed by atoms with Crippen molar-refractivity contribution in [1.82, 2.24) is 0 Å². The molecule has 0 aliphatic heterocycles. The van der Waals surface area contributed by atoms with Crippen LogP contribution in [0.5, 0.6) is 0 Å². The zero-order chi connectivity index (χ0) is 8.97. The van der Waals surface area contributed by atoms with Crippen LogP contribution < -0.4 is 5.11 Å². The zero-order valence-corrected chi connectivity index (χ0v) is 11.4.